The molecule has 0 saturated heterocycles. The normalized spacial score (nSPS) is 10.6. The molecule has 3 rings (SSSR count). The summed E-state index contributed by atoms with van der Waals surface area (Å²) in [6, 6.07) is 19.1. The van der Waals surface area contributed by atoms with Crippen molar-refractivity contribution >= 4 is 11.3 Å². The highest BCUT2D eigenvalue weighted by molar-refractivity contribution is 7.13. The van der Waals surface area contributed by atoms with E-state index in [-0.39, 0.29) is 0 Å². The summed E-state index contributed by atoms with van der Waals surface area (Å²) in [6.45, 7) is 0. The van der Waals surface area contributed by atoms with Gasteiger partial charge in [0.05, 0.1) is 10.6 Å². The lowest BCUT2D eigenvalue weighted by molar-refractivity contribution is 1.11. The summed E-state index contributed by atoms with van der Waals surface area (Å²) in [5.74, 6) is 0. The van der Waals surface area contributed by atoms with Crippen LogP contribution in [0.15, 0.2) is 60.0 Å². The molecule has 17 heavy (non-hydrogen) atoms. The predicted molar refractivity (Wildman–Crippen MR) is 73.4 cm³/mol. The van der Waals surface area contributed by atoms with Crippen LogP contribution in [-0.4, -0.2) is 4.98 Å². The average Bonchev–Trinajstić information content (AvgIpc) is 3.00. The monoisotopic (exact) mass is 239 g/mol. The van der Waals surface area contributed by atoms with Gasteiger partial charge in [0.15, 0.2) is 0 Å². The first-order valence-corrected chi connectivity index (χ1v) is 6.55. The third-order valence-corrected chi connectivity index (χ3v) is 3.67. The minimum atomic E-state index is 0.964. The van der Waals surface area contributed by atoms with Gasteiger partial charge in [0, 0.05) is 12.1 Å². The topological polar surface area (TPSA) is 15.8 Å². The SMILES string of the molecule is c1ccc(Cc2ccc(-c3cccs3)[nH]2)cc1. The molecule has 2 aromatic heterocycles. The molecule has 0 spiro atoms. The number of rotatable bonds is 3. The number of thiophene rings is 1. The molecule has 0 unspecified atom stereocenters. The van der Waals surface area contributed by atoms with Gasteiger partial charge in [-0.2, -0.15) is 0 Å². The molecule has 2 heterocycles. The van der Waals surface area contributed by atoms with E-state index in [0.717, 1.165) is 6.42 Å². The van der Waals surface area contributed by atoms with Gasteiger partial charge in [0.25, 0.3) is 0 Å². The second kappa shape index (κ2) is 4.60. The van der Waals surface area contributed by atoms with Crippen LogP contribution in [0.1, 0.15) is 11.3 Å². The van der Waals surface area contributed by atoms with E-state index in [1.807, 2.05) is 0 Å². The molecule has 2 heteroatoms. The molecule has 0 amide bonds. The smallest absolute Gasteiger partial charge is 0.0557 e. The van der Waals surface area contributed by atoms with E-state index in [1.165, 1.54) is 21.8 Å². The van der Waals surface area contributed by atoms with Crippen molar-refractivity contribution in [3.05, 3.63) is 71.2 Å². The van der Waals surface area contributed by atoms with E-state index < -0.39 is 0 Å². The summed E-state index contributed by atoms with van der Waals surface area (Å²) in [6.07, 6.45) is 0.964. The fraction of sp³-hybridized carbons (Fsp3) is 0.0667. The first-order valence-electron chi connectivity index (χ1n) is 5.67. The van der Waals surface area contributed by atoms with Crippen LogP contribution in [0.2, 0.25) is 0 Å². The van der Waals surface area contributed by atoms with Crippen LogP contribution in [0.5, 0.6) is 0 Å². The molecule has 1 nitrogen and oxygen atoms in total. The highest BCUT2D eigenvalue weighted by Crippen LogP contribution is 2.24. The molecule has 0 aliphatic heterocycles. The molecule has 0 atom stereocenters. The number of nitrogens with one attached hydrogen (secondary N) is 1. The van der Waals surface area contributed by atoms with Gasteiger partial charge < -0.3 is 4.98 Å². The minimum absolute atomic E-state index is 0.964. The second-order valence-corrected chi connectivity index (χ2v) is 4.98. The van der Waals surface area contributed by atoms with E-state index in [2.05, 4.69) is 65.0 Å². The summed E-state index contributed by atoms with van der Waals surface area (Å²) in [5, 5.41) is 2.10. The van der Waals surface area contributed by atoms with Gasteiger partial charge in [-0.15, -0.1) is 11.3 Å². The number of aromatic nitrogens is 1. The lowest BCUT2D eigenvalue weighted by Crippen LogP contribution is -1.87. The number of hydrogen-bond donors (Lipinski definition) is 1. The molecule has 84 valence electrons. The number of benzene rings is 1. The summed E-state index contributed by atoms with van der Waals surface area (Å²) in [4.78, 5) is 4.77. The Labute approximate surface area is 105 Å². The average molecular weight is 239 g/mol. The fourth-order valence-electron chi connectivity index (χ4n) is 1.93. The highest BCUT2D eigenvalue weighted by Gasteiger charge is 2.02. The van der Waals surface area contributed by atoms with Crippen molar-refractivity contribution < 1.29 is 0 Å². The molecule has 0 aliphatic rings. The maximum atomic E-state index is 3.47. The standard InChI is InChI=1S/C15H13NS/c1-2-5-12(6-3-1)11-13-8-9-14(16-13)15-7-4-10-17-15/h1-10,16H,11H2. The molecule has 1 aromatic carbocycles. The summed E-state index contributed by atoms with van der Waals surface area (Å²) in [7, 11) is 0. The Balaban J connectivity index is 1.82. The van der Waals surface area contributed by atoms with Crippen LogP contribution in [-0.2, 0) is 6.42 Å². The van der Waals surface area contributed by atoms with E-state index in [1.54, 1.807) is 11.3 Å². The van der Waals surface area contributed by atoms with Crippen molar-refractivity contribution in [3.63, 3.8) is 0 Å². The van der Waals surface area contributed by atoms with Crippen molar-refractivity contribution in [3.8, 4) is 10.6 Å². The van der Waals surface area contributed by atoms with E-state index >= 15 is 0 Å². The number of H-pyrrole nitrogens is 1. The Morgan fingerprint density at radius 2 is 1.76 bits per heavy atom. The predicted octanol–water partition coefficient (Wildman–Crippen LogP) is 4.33. The van der Waals surface area contributed by atoms with Gasteiger partial charge in [0.1, 0.15) is 0 Å². The van der Waals surface area contributed by atoms with Crippen molar-refractivity contribution in [2.45, 2.75) is 6.42 Å². The third kappa shape index (κ3) is 2.32. The van der Waals surface area contributed by atoms with Crippen molar-refractivity contribution in [2.75, 3.05) is 0 Å². The van der Waals surface area contributed by atoms with E-state index in [0.29, 0.717) is 0 Å². The van der Waals surface area contributed by atoms with Gasteiger partial charge in [0.2, 0.25) is 0 Å². The molecule has 0 radical (unpaired) electrons. The molecule has 0 bridgehead atoms. The Kier molecular flexibility index (Phi) is 2.80. The lowest BCUT2D eigenvalue weighted by Gasteiger charge is -1.98. The lowest BCUT2D eigenvalue weighted by atomic mass is 10.1. The Bertz CT molecular complexity index is 578. The van der Waals surface area contributed by atoms with Gasteiger partial charge >= 0.3 is 0 Å². The van der Waals surface area contributed by atoms with Crippen LogP contribution >= 0.6 is 11.3 Å². The maximum absolute atomic E-state index is 3.47. The van der Waals surface area contributed by atoms with Gasteiger partial charge in [-0.1, -0.05) is 36.4 Å². The van der Waals surface area contributed by atoms with Crippen molar-refractivity contribution in [2.24, 2.45) is 0 Å². The molecule has 0 fully saturated rings. The Hall–Kier alpha value is -1.80. The fourth-order valence-corrected chi connectivity index (χ4v) is 2.64. The van der Waals surface area contributed by atoms with E-state index in [9.17, 15) is 0 Å². The minimum Gasteiger partial charge on any atom is -0.357 e. The van der Waals surface area contributed by atoms with Crippen LogP contribution in [0, 0.1) is 0 Å². The van der Waals surface area contributed by atoms with Crippen molar-refractivity contribution in [1.29, 1.82) is 0 Å². The largest absolute Gasteiger partial charge is 0.357 e. The molecule has 0 saturated carbocycles. The zero-order chi connectivity index (χ0) is 11.5. The molecule has 0 aliphatic carbocycles. The zero-order valence-corrected chi connectivity index (χ0v) is 10.2. The van der Waals surface area contributed by atoms with Crippen molar-refractivity contribution in [1.82, 2.24) is 4.98 Å². The molecular formula is C15H13NS. The summed E-state index contributed by atoms with van der Waals surface area (Å²) in [5.41, 5.74) is 3.82. The number of hydrogen-bond acceptors (Lipinski definition) is 1. The van der Waals surface area contributed by atoms with Gasteiger partial charge in [-0.05, 0) is 29.1 Å². The third-order valence-electron chi connectivity index (χ3n) is 2.77. The number of aromatic amines is 1. The van der Waals surface area contributed by atoms with Crippen LogP contribution in [0.4, 0.5) is 0 Å². The van der Waals surface area contributed by atoms with E-state index in [4.69, 9.17) is 0 Å². The van der Waals surface area contributed by atoms with Gasteiger partial charge in [-0.3, -0.25) is 0 Å². The molecule has 3 aromatic rings. The Morgan fingerprint density at radius 3 is 2.53 bits per heavy atom. The Morgan fingerprint density at radius 1 is 0.882 bits per heavy atom. The summed E-state index contributed by atoms with van der Waals surface area (Å²) < 4.78 is 0. The summed E-state index contributed by atoms with van der Waals surface area (Å²) >= 11 is 1.76. The zero-order valence-electron chi connectivity index (χ0n) is 9.39. The van der Waals surface area contributed by atoms with Crippen LogP contribution in [0.25, 0.3) is 10.6 Å². The molecular weight excluding hydrogens is 226 g/mol. The van der Waals surface area contributed by atoms with Gasteiger partial charge in [-0.25, -0.2) is 0 Å². The highest BCUT2D eigenvalue weighted by atomic mass is 32.1. The molecule has 1 N–H and O–H groups in total. The first-order chi connectivity index (χ1) is 8.42. The second-order valence-electron chi connectivity index (χ2n) is 4.04. The maximum Gasteiger partial charge on any atom is 0.0557 e. The van der Waals surface area contributed by atoms with Crippen LogP contribution in [0.3, 0.4) is 0 Å². The first kappa shape index (κ1) is 10.4. The van der Waals surface area contributed by atoms with Crippen LogP contribution < -0.4 is 0 Å². The quantitative estimate of drug-likeness (QED) is 0.700.